The third-order valence-corrected chi connectivity index (χ3v) is 4.35. The Morgan fingerprint density at radius 2 is 1.86 bits per heavy atom. The highest BCUT2D eigenvalue weighted by molar-refractivity contribution is 5.79. The molecule has 1 aliphatic heterocycles. The van der Waals surface area contributed by atoms with Gasteiger partial charge >= 0.3 is 12.0 Å². The molecule has 2 rings (SSSR count). The van der Waals surface area contributed by atoms with Gasteiger partial charge in [-0.05, 0) is 25.2 Å². The van der Waals surface area contributed by atoms with Crippen molar-refractivity contribution in [2.75, 3.05) is 13.1 Å². The summed E-state index contributed by atoms with van der Waals surface area (Å²) in [6.07, 6.45) is 4.75. The molecule has 0 spiro atoms. The molecule has 0 aromatic heterocycles. The van der Waals surface area contributed by atoms with E-state index in [2.05, 4.69) is 16.0 Å². The molecule has 3 amide bonds. The van der Waals surface area contributed by atoms with E-state index in [1.54, 1.807) is 0 Å². The topological polar surface area (TPSA) is 108 Å². The van der Waals surface area contributed by atoms with Gasteiger partial charge in [-0.2, -0.15) is 0 Å². The number of urea groups is 1. The van der Waals surface area contributed by atoms with E-state index >= 15 is 0 Å². The Morgan fingerprint density at radius 3 is 2.52 bits per heavy atom. The number of carbonyl (C=O) groups is 3. The second-order valence-corrected chi connectivity index (χ2v) is 5.88. The van der Waals surface area contributed by atoms with Crippen LogP contribution in [0.25, 0.3) is 0 Å². The van der Waals surface area contributed by atoms with Gasteiger partial charge < -0.3 is 21.1 Å². The number of aliphatic carboxylic acids is 1. The highest BCUT2D eigenvalue weighted by Gasteiger charge is 2.30. The summed E-state index contributed by atoms with van der Waals surface area (Å²) < 4.78 is 0. The highest BCUT2D eigenvalue weighted by Crippen LogP contribution is 2.29. The first-order valence-electron chi connectivity index (χ1n) is 7.60. The summed E-state index contributed by atoms with van der Waals surface area (Å²) >= 11 is 0. The second-order valence-electron chi connectivity index (χ2n) is 5.88. The van der Waals surface area contributed by atoms with Crippen molar-refractivity contribution < 1.29 is 19.5 Å². The molecule has 4 N–H and O–H groups in total. The summed E-state index contributed by atoms with van der Waals surface area (Å²) in [5.41, 5.74) is 0. The van der Waals surface area contributed by atoms with Gasteiger partial charge in [-0.3, -0.25) is 9.59 Å². The van der Waals surface area contributed by atoms with Gasteiger partial charge in [0.15, 0.2) is 0 Å². The lowest BCUT2D eigenvalue weighted by Crippen LogP contribution is -2.45. The smallest absolute Gasteiger partial charge is 0.314 e. The molecule has 0 aromatic rings. The summed E-state index contributed by atoms with van der Waals surface area (Å²) in [5, 5.41) is 17.4. The normalized spacial score (nSPS) is 28.8. The highest BCUT2D eigenvalue weighted by atomic mass is 16.4. The number of nitrogens with one attached hydrogen (secondary N) is 3. The molecular formula is C14H23N3O4. The van der Waals surface area contributed by atoms with E-state index in [0.717, 1.165) is 25.7 Å². The molecule has 1 heterocycles. The van der Waals surface area contributed by atoms with Crippen LogP contribution in [0, 0.1) is 11.8 Å². The van der Waals surface area contributed by atoms with E-state index in [0.29, 0.717) is 25.9 Å². The molecule has 7 heteroatoms. The van der Waals surface area contributed by atoms with E-state index in [1.807, 2.05) is 0 Å². The predicted molar refractivity (Wildman–Crippen MR) is 75.6 cm³/mol. The number of hydrogen-bond acceptors (Lipinski definition) is 3. The van der Waals surface area contributed by atoms with Crippen LogP contribution in [0.5, 0.6) is 0 Å². The monoisotopic (exact) mass is 297 g/mol. The summed E-state index contributed by atoms with van der Waals surface area (Å²) in [6.45, 7) is 0.796. The molecule has 1 saturated heterocycles. The number of amides is 3. The average molecular weight is 297 g/mol. The largest absolute Gasteiger partial charge is 0.481 e. The maximum absolute atomic E-state index is 11.7. The van der Waals surface area contributed by atoms with E-state index in [1.165, 1.54) is 0 Å². The molecule has 118 valence electrons. The Balaban J connectivity index is 1.67. The lowest BCUT2D eigenvalue weighted by molar-refractivity contribution is -0.144. The molecule has 1 saturated carbocycles. The molecule has 21 heavy (non-hydrogen) atoms. The molecular weight excluding hydrogens is 274 g/mol. The van der Waals surface area contributed by atoms with Crippen LogP contribution in [0.1, 0.15) is 38.5 Å². The zero-order valence-electron chi connectivity index (χ0n) is 12.1. The summed E-state index contributed by atoms with van der Waals surface area (Å²) in [7, 11) is 0. The van der Waals surface area contributed by atoms with Crippen molar-refractivity contribution in [1.29, 1.82) is 0 Å². The van der Waals surface area contributed by atoms with Crippen LogP contribution < -0.4 is 16.0 Å². The van der Waals surface area contributed by atoms with Crippen molar-refractivity contribution in [3.8, 4) is 0 Å². The number of carboxylic acids is 1. The first kappa shape index (κ1) is 15.6. The van der Waals surface area contributed by atoms with Crippen LogP contribution in [0.4, 0.5) is 4.79 Å². The Morgan fingerprint density at radius 1 is 1.14 bits per heavy atom. The van der Waals surface area contributed by atoms with Gasteiger partial charge in [0.2, 0.25) is 5.91 Å². The van der Waals surface area contributed by atoms with Crippen molar-refractivity contribution in [2.24, 2.45) is 11.8 Å². The van der Waals surface area contributed by atoms with Crippen LogP contribution in [0.15, 0.2) is 0 Å². The van der Waals surface area contributed by atoms with Gasteiger partial charge in [-0.1, -0.05) is 12.8 Å². The summed E-state index contributed by atoms with van der Waals surface area (Å²) in [6, 6.07) is -0.296. The van der Waals surface area contributed by atoms with Crippen molar-refractivity contribution >= 4 is 17.9 Å². The molecule has 3 unspecified atom stereocenters. The van der Waals surface area contributed by atoms with Gasteiger partial charge in [0.1, 0.15) is 0 Å². The third kappa shape index (κ3) is 4.61. The Bertz CT molecular complexity index is 413. The standard InChI is InChI=1S/C14H23N3O4/c18-12-6-5-10(17-12)8-16-14(21)15-7-9-3-1-2-4-11(9)13(19)20/h9-11H,1-8H2,(H,17,18)(H,19,20)(H2,15,16,21). The molecule has 0 aromatic carbocycles. The van der Waals surface area contributed by atoms with E-state index in [4.69, 9.17) is 0 Å². The van der Waals surface area contributed by atoms with Crippen LogP contribution >= 0.6 is 0 Å². The van der Waals surface area contributed by atoms with Crippen molar-refractivity contribution in [2.45, 2.75) is 44.6 Å². The zero-order valence-corrected chi connectivity index (χ0v) is 12.1. The van der Waals surface area contributed by atoms with Crippen molar-refractivity contribution in [3.05, 3.63) is 0 Å². The Labute approximate surface area is 123 Å². The van der Waals surface area contributed by atoms with Gasteiger partial charge in [0.25, 0.3) is 0 Å². The summed E-state index contributed by atoms with van der Waals surface area (Å²) in [5.74, 6) is -1.09. The SMILES string of the molecule is O=C1CCC(CNC(=O)NCC2CCCCC2C(=O)O)N1. The predicted octanol–water partition coefficient (Wildman–Crippen LogP) is 0.455. The zero-order chi connectivity index (χ0) is 15.2. The number of hydrogen-bond donors (Lipinski definition) is 4. The Hall–Kier alpha value is -1.79. The Kier molecular flexibility index (Phi) is 5.41. The lowest BCUT2D eigenvalue weighted by Gasteiger charge is -2.28. The first-order valence-corrected chi connectivity index (χ1v) is 7.60. The van der Waals surface area contributed by atoms with Crippen molar-refractivity contribution in [3.63, 3.8) is 0 Å². The van der Waals surface area contributed by atoms with Gasteiger partial charge in [0.05, 0.1) is 5.92 Å². The van der Waals surface area contributed by atoms with Crippen LogP contribution in [0.3, 0.4) is 0 Å². The first-order chi connectivity index (χ1) is 10.1. The van der Waals surface area contributed by atoms with Crippen LogP contribution in [-0.2, 0) is 9.59 Å². The second kappa shape index (κ2) is 7.28. The van der Waals surface area contributed by atoms with E-state index in [-0.39, 0.29) is 29.8 Å². The van der Waals surface area contributed by atoms with E-state index in [9.17, 15) is 19.5 Å². The molecule has 2 aliphatic rings. The number of rotatable bonds is 5. The molecule has 0 bridgehead atoms. The maximum Gasteiger partial charge on any atom is 0.314 e. The molecule has 2 fully saturated rings. The summed E-state index contributed by atoms with van der Waals surface area (Å²) in [4.78, 5) is 33.9. The van der Waals surface area contributed by atoms with E-state index < -0.39 is 5.97 Å². The van der Waals surface area contributed by atoms with Crippen molar-refractivity contribution in [1.82, 2.24) is 16.0 Å². The quantitative estimate of drug-likeness (QED) is 0.591. The number of carbonyl (C=O) groups excluding carboxylic acids is 2. The minimum Gasteiger partial charge on any atom is -0.481 e. The lowest BCUT2D eigenvalue weighted by atomic mass is 9.79. The fourth-order valence-corrected chi connectivity index (χ4v) is 3.11. The molecule has 3 atom stereocenters. The van der Waals surface area contributed by atoms with Gasteiger partial charge in [0, 0.05) is 25.6 Å². The van der Waals surface area contributed by atoms with Gasteiger partial charge in [-0.15, -0.1) is 0 Å². The maximum atomic E-state index is 11.7. The number of carboxylic acid groups (broad SMARTS) is 1. The van der Waals surface area contributed by atoms with Crippen LogP contribution in [-0.4, -0.2) is 42.1 Å². The minimum atomic E-state index is -0.768. The third-order valence-electron chi connectivity index (χ3n) is 4.35. The molecule has 0 radical (unpaired) electrons. The minimum absolute atomic E-state index is 0.00435. The molecule has 7 nitrogen and oxygen atoms in total. The average Bonchev–Trinajstić information content (AvgIpc) is 2.88. The fourth-order valence-electron chi connectivity index (χ4n) is 3.11. The molecule has 1 aliphatic carbocycles. The fraction of sp³-hybridized carbons (Fsp3) is 0.786. The van der Waals surface area contributed by atoms with Crippen LogP contribution in [0.2, 0.25) is 0 Å². The van der Waals surface area contributed by atoms with Gasteiger partial charge in [-0.25, -0.2) is 4.79 Å².